The molecule has 0 amide bonds. The molecule has 0 radical (unpaired) electrons. The predicted octanol–water partition coefficient (Wildman–Crippen LogP) is 3.95. The number of hydrogen-bond donors (Lipinski definition) is 1. The van der Waals surface area contributed by atoms with E-state index >= 15 is 0 Å². The second kappa shape index (κ2) is 8.32. The maximum absolute atomic E-state index is 12.8. The molecule has 2 nitrogen and oxygen atoms in total. The Kier molecular flexibility index (Phi) is 7.40. The largest absolute Gasteiger partial charge is 0.373 e. The fourth-order valence-corrected chi connectivity index (χ4v) is 2.96. The molecule has 0 heterocycles. The fraction of sp³-hybridized carbons (Fsp3) is 1.00. The zero-order valence-electron chi connectivity index (χ0n) is 13.0. The van der Waals surface area contributed by atoms with E-state index in [2.05, 4.69) is 19.2 Å². The van der Waals surface area contributed by atoms with E-state index in [-0.39, 0.29) is 12.6 Å². The Labute approximate surface area is 124 Å². The third-order valence-corrected chi connectivity index (χ3v) is 4.59. The maximum atomic E-state index is 12.8. The number of hydrogen-bond acceptors (Lipinski definition) is 2. The lowest BCUT2D eigenvalue weighted by Crippen LogP contribution is -2.44. The average molecular weight is 313 g/mol. The SMILES string of the molecule is CCNC(COCC(F)(F)C(F)F)C1CCC(C)C(C)C1. The molecule has 4 atom stereocenters. The molecular weight excluding hydrogens is 286 g/mol. The van der Waals surface area contributed by atoms with E-state index in [0.717, 1.165) is 19.3 Å². The van der Waals surface area contributed by atoms with Gasteiger partial charge in [-0.2, -0.15) is 8.78 Å². The monoisotopic (exact) mass is 313 g/mol. The van der Waals surface area contributed by atoms with E-state index in [1.54, 1.807) is 0 Å². The van der Waals surface area contributed by atoms with Crippen molar-refractivity contribution in [2.45, 2.75) is 58.4 Å². The van der Waals surface area contributed by atoms with Gasteiger partial charge in [-0.1, -0.05) is 27.2 Å². The summed E-state index contributed by atoms with van der Waals surface area (Å²) in [6.45, 7) is 5.91. The molecule has 0 aromatic heterocycles. The van der Waals surface area contributed by atoms with Crippen LogP contribution in [0.5, 0.6) is 0 Å². The van der Waals surface area contributed by atoms with Crippen LogP contribution in [0.15, 0.2) is 0 Å². The Morgan fingerprint density at radius 3 is 2.38 bits per heavy atom. The summed E-state index contributed by atoms with van der Waals surface area (Å²) in [5, 5.41) is 3.25. The summed E-state index contributed by atoms with van der Waals surface area (Å²) in [5.41, 5.74) is 0. The van der Waals surface area contributed by atoms with E-state index in [1.165, 1.54) is 0 Å². The third kappa shape index (κ3) is 5.74. The highest BCUT2D eigenvalue weighted by Gasteiger charge is 2.41. The Morgan fingerprint density at radius 1 is 1.19 bits per heavy atom. The molecule has 0 aromatic rings. The van der Waals surface area contributed by atoms with Gasteiger partial charge in [0, 0.05) is 6.04 Å². The number of nitrogens with one attached hydrogen (secondary N) is 1. The van der Waals surface area contributed by atoms with Gasteiger partial charge >= 0.3 is 12.3 Å². The molecule has 0 saturated heterocycles. The minimum atomic E-state index is -4.06. The summed E-state index contributed by atoms with van der Waals surface area (Å²) >= 11 is 0. The van der Waals surface area contributed by atoms with E-state index in [4.69, 9.17) is 4.74 Å². The quantitative estimate of drug-likeness (QED) is 0.685. The average Bonchev–Trinajstić information content (AvgIpc) is 2.40. The second-order valence-electron chi connectivity index (χ2n) is 6.27. The highest BCUT2D eigenvalue weighted by Crippen LogP contribution is 2.35. The van der Waals surface area contributed by atoms with Crippen molar-refractivity contribution < 1.29 is 22.3 Å². The normalized spacial score (nSPS) is 28.9. The van der Waals surface area contributed by atoms with Crippen molar-refractivity contribution in [2.24, 2.45) is 17.8 Å². The summed E-state index contributed by atoms with van der Waals surface area (Å²) in [4.78, 5) is 0. The van der Waals surface area contributed by atoms with Crippen LogP contribution in [-0.4, -0.2) is 38.1 Å². The van der Waals surface area contributed by atoms with Gasteiger partial charge in [0.25, 0.3) is 0 Å². The number of likely N-dealkylation sites (N-methyl/N-ethyl adjacent to an activating group) is 1. The fourth-order valence-electron chi connectivity index (χ4n) is 2.96. The smallest absolute Gasteiger partial charge is 0.330 e. The van der Waals surface area contributed by atoms with Gasteiger partial charge in [0.05, 0.1) is 6.61 Å². The van der Waals surface area contributed by atoms with Crippen LogP contribution in [0.3, 0.4) is 0 Å². The Bertz CT molecular complexity index is 301. The molecule has 1 fully saturated rings. The molecule has 21 heavy (non-hydrogen) atoms. The first-order chi connectivity index (χ1) is 9.77. The zero-order valence-corrected chi connectivity index (χ0v) is 13.0. The van der Waals surface area contributed by atoms with Crippen LogP contribution in [0.1, 0.15) is 40.0 Å². The molecule has 126 valence electrons. The summed E-state index contributed by atoms with van der Waals surface area (Å²) in [7, 11) is 0. The lowest BCUT2D eigenvalue weighted by Gasteiger charge is -2.37. The van der Waals surface area contributed by atoms with Gasteiger partial charge in [0.1, 0.15) is 6.61 Å². The van der Waals surface area contributed by atoms with E-state index in [9.17, 15) is 17.6 Å². The second-order valence-corrected chi connectivity index (χ2v) is 6.27. The summed E-state index contributed by atoms with van der Waals surface area (Å²) in [6.07, 6.45) is -0.516. The van der Waals surface area contributed by atoms with Gasteiger partial charge in [-0.3, -0.25) is 0 Å². The molecule has 0 aromatic carbocycles. The van der Waals surface area contributed by atoms with Crippen LogP contribution >= 0.6 is 0 Å². The van der Waals surface area contributed by atoms with Gasteiger partial charge in [-0.25, -0.2) is 8.78 Å². The van der Waals surface area contributed by atoms with Gasteiger partial charge in [0.15, 0.2) is 0 Å². The molecule has 1 aliphatic rings. The highest BCUT2D eigenvalue weighted by atomic mass is 19.3. The first-order valence-corrected chi connectivity index (χ1v) is 7.75. The standard InChI is InChI=1S/C15H27F4NO/c1-4-20-13(8-21-9-15(18,19)14(16)17)12-6-5-10(2)11(3)7-12/h10-14,20H,4-9H2,1-3H3. The number of halogens is 4. The Morgan fingerprint density at radius 2 is 1.86 bits per heavy atom. The van der Waals surface area contributed by atoms with Gasteiger partial charge in [0.2, 0.25) is 0 Å². The first-order valence-electron chi connectivity index (χ1n) is 7.75. The van der Waals surface area contributed by atoms with Crippen molar-refractivity contribution in [3.63, 3.8) is 0 Å². The van der Waals surface area contributed by atoms with Crippen molar-refractivity contribution in [1.82, 2.24) is 5.32 Å². The maximum Gasteiger partial charge on any atom is 0.330 e. The van der Waals surface area contributed by atoms with E-state index in [1.807, 2.05) is 6.92 Å². The summed E-state index contributed by atoms with van der Waals surface area (Å²) in [6, 6.07) is -0.0431. The van der Waals surface area contributed by atoms with Crippen molar-refractivity contribution >= 4 is 0 Å². The van der Waals surface area contributed by atoms with E-state index in [0.29, 0.717) is 24.3 Å². The number of ether oxygens (including phenoxy) is 1. The van der Waals surface area contributed by atoms with Crippen LogP contribution in [0.2, 0.25) is 0 Å². The Hall–Kier alpha value is -0.360. The van der Waals surface area contributed by atoms with Gasteiger partial charge in [-0.05, 0) is 37.1 Å². The minimum absolute atomic E-state index is 0.0431. The van der Waals surface area contributed by atoms with Crippen LogP contribution in [0.4, 0.5) is 17.6 Å². The molecule has 0 aliphatic heterocycles. The molecule has 4 unspecified atom stereocenters. The van der Waals surface area contributed by atoms with Crippen LogP contribution < -0.4 is 5.32 Å². The molecule has 0 spiro atoms. The molecule has 1 aliphatic carbocycles. The van der Waals surface area contributed by atoms with Gasteiger partial charge in [-0.15, -0.1) is 0 Å². The van der Waals surface area contributed by atoms with Crippen molar-refractivity contribution in [1.29, 1.82) is 0 Å². The molecule has 1 N–H and O–H groups in total. The van der Waals surface area contributed by atoms with Crippen molar-refractivity contribution in [3.8, 4) is 0 Å². The van der Waals surface area contributed by atoms with Crippen molar-refractivity contribution in [3.05, 3.63) is 0 Å². The summed E-state index contributed by atoms with van der Waals surface area (Å²) < 4.78 is 54.8. The van der Waals surface area contributed by atoms with E-state index < -0.39 is 19.0 Å². The zero-order chi connectivity index (χ0) is 16.0. The molecule has 6 heteroatoms. The molecular formula is C15H27F4NO. The minimum Gasteiger partial charge on any atom is -0.373 e. The number of rotatable bonds is 8. The van der Waals surface area contributed by atoms with Crippen LogP contribution in [0, 0.1) is 17.8 Å². The third-order valence-electron chi connectivity index (χ3n) is 4.59. The molecule has 0 bridgehead atoms. The first kappa shape index (κ1) is 18.7. The Balaban J connectivity index is 2.47. The summed E-state index contributed by atoms with van der Waals surface area (Å²) in [5.74, 6) is -2.44. The number of alkyl halides is 4. The predicted molar refractivity (Wildman–Crippen MR) is 74.9 cm³/mol. The topological polar surface area (TPSA) is 21.3 Å². The van der Waals surface area contributed by atoms with Crippen LogP contribution in [0.25, 0.3) is 0 Å². The van der Waals surface area contributed by atoms with Gasteiger partial charge < -0.3 is 10.1 Å². The molecule has 1 saturated carbocycles. The van der Waals surface area contributed by atoms with Crippen molar-refractivity contribution in [2.75, 3.05) is 19.8 Å². The molecule has 1 rings (SSSR count). The highest BCUT2D eigenvalue weighted by molar-refractivity contribution is 4.84. The lowest BCUT2D eigenvalue weighted by molar-refractivity contribution is -0.168. The van der Waals surface area contributed by atoms with Crippen LogP contribution in [-0.2, 0) is 4.74 Å². The lowest BCUT2D eigenvalue weighted by atomic mass is 9.73.